The first kappa shape index (κ1) is 24.6. The maximum atomic E-state index is 12.9. The molecule has 3 saturated carbocycles. The molecule has 196 valence electrons. The minimum absolute atomic E-state index is 0.254. The number of nitrogens with two attached hydrogens (primary N) is 1. The van der Waals surface area contributed by atoms with Gasteiger partial charge in [0.2, 0.25) is 5.91 Å². The van der Waals surface area contributed by atoms with Crippen molar-refractivity contribution >= 4 is 26.8 Å². The summed E-state index contributed by atoms with van der Waals surface area (Å²) in [5.74, 6) is 1.62. The molecule has 7 nitrogen and oxygen atoms in total. The zero-order valence-electron chi connectivity index (χ0n) is 21.4. The minimum atomic E-state index is -3.46. The fourth-order valence-corrected chi connectivity index (χ4v) is 6.85. The molecule has 8 heteroatoms. The van der Waals surface area contributed by atoms with Crippen molar-refractivity contribution in [2.24, 2.45) is 17.6 Å². The predicted octanol–water partition coefficient (Wildman–Crippen LogP) is 4.47. The van der Waals surface area contributed by atoms with Crippen molar-refractivity contribution in [1.29, 1.82) is 0 Å². The molecule has 0 radical (unpaired) electrons. The third kappa shape index (κ3) is 4.48. The molecule has 0 spiro atoms. The molecule has 1 amide bonds. The quantitative estimate of drug-likeness (QED) is 0.447. The Balaban J connectivity index is 1.47. The van der Waals surface area contributed by atoms with Crippen LogP contribution in [0.3, 0.4) is 0 Å². The molecular weight excluding hydrogens is 486 g/mol. The van der Waals surface area contributed by atoms with Crippen LogP contribution in [0.15, 0.2) is 53.4 Å². The van der Waals surface area contributed by atoms with E-state index in [1.807, 2.05) is 36.4 Å². The lowest BCUT2D eigenvalue weighted by molar-refractivity contribution is -0.133. The number of nitrogens with zero attached hydrogens (tertiary/aromatic N) is 2. The average molecular weight is 522 g/mol. The molecule has 3 aromatic rings. The number of aromatic nitrogens is 2. The molecule has 0 bridgehead atoms. The van der Waals surface area contributed by atoms with Crippen LogP contribution in [0.25, 0.3) is 11.0 Å². The van der Waals surface area contributed by atoms with Crippen LogP contribution in [0.4, 0.5) is 0 Å². The smallest absolute Gasteiger partial charge is 0.228 e. The summed E-state index contributed by atoms with van der Waals surface area (Å²) in [4.78, 5) is 18.2. The van der Waals surface area contributed by atoms with E-state index in [0.29, 0.717) is 49.6 Å². The fraction of sp³-hybridized carbons (Fsp3) is 0.517. The van der Waals surface area contributed by atoms with Crippen molar-refractivity contribution < 1.29 is 17.9 Å². The highest BCUT2D eigenvalue weighted by Crippen LogP contribution is 2.51. The van der Waals surface area contributed by atoms with Crippen LogP contribution in [0.2, 0.25) is 0 Å². The molecule has 2 aromatic carbocycles. The SMILES string of the molecule is CS(=O)(=O)c1cccc2c1nc([C@]1(OCC3CC3)CC[C@](C(N)=O)(c3ccccc3)CC1)n2CC1CC1. The highest BCUT2D eigenvalue weighted by molar-refractivity contribution is 7.91. The van der Waals surface area contributed by atoms with Gasteiger partial charge in [0.1, 0.15) is 16.9 Å². The number of hydrogen-bond donors (Lipinski definition) is 1. The first-order chi connectivity index (χ1) is 17.7. The predicted molar refractivity (Wildman–Crippen MR) is 142 cm³/mol. The van der Waals surface area contributed by atoms with Gasteiger partial charge in [-0.25, -0.2) is 13.4 Å². The largest absolute Gasteiger partial charge is 0.369 e. The Hall–Kier alpha value is -2.71. The third-order valence-electron chi connectivity index (χ3n) is 8.69. The summed E-state index contributed by atoms with van der Waals surface area (Å²) in [6.07, 6.45) is 8.22. The lowest BCUT2D eigenvalue weighted by Crippen LogP contribution is -2.49. The summed E-state index contributed by atoms with van der Waals surface area (Å²) in [6.45, 7) is 1.45. The Bertz CT molecular complexity index is 1430. The van der Waals surface area contributed by atoms with E-state index in [2.05, 4.69) is 4.57 Å². The molecule has 1 aromatic heterocycles. The molecular formula is C29H35N3O4S. The Labute approximate surface area is 218 Å². The number of benzene rings is 2. The summed E-state index contributed by atoms with van der Waals surface area (Å²) >= 11 is 0. The molecule has 6 rings (SSSR count). The number of hydrogen-bond acceptors (Lipinski definition) is 5. The lowest BCUT2D eigenvalue weighted by Gasteiger charge is -2.45. The van der Waals surface area contributed by atoms with Crippen LogP contribution in [0.1, 0.15) is 62.8 Å². The van der Waals surface area contributed by atoms with Gasteiger partial charge in [-0.15, -0.1) is 0 Å². The molecule has 0 atom stereocenters. The molecule has 0 saturated heterocycles. The number of imidazole rings is 1. The van der Waals surface area contributed by atoms with Crippen molar-refractivity contribution in [2.75, 3.05) is 12.9 Å². The van der Waals surface area contributed by atoms with Gasteiger partial charge in [-0.3, -0.25) is 4.79 Å². The molecule has 1 heterocycles. The summed E-state index contributed by atoms with van der Waals surface area (Å²) in [6, 6.07) is 15.2. The Morgan fingerprint density at radius 3 is 2.27 bits per heavy atom. The van der Waals surface area contributed by atoms with Crippen LogP contribution in [-0.2, 0) is 36.9 Å². The van der Waals surface area contributed by atoms with Gasteiger partial charge in [0, 0.05) is 12.8 Å². The molecule has 37 heavy (non-hydrogen) atoms. The maximum absolute atomic E-state index is 12.9. The molecule has 2 N–H and O–H groups in total. The molecule has 0 aliphatic heterocycles. The number of primary amides is 1. The number of carbonyl (C=O) groups is 1. The monoisotopic (exact) mass is 521 g/mol. The van der Waals surface area contributed by atoms with Gasteiger partial charge in [-0.2, -0.15) is 0 Å². The van der Waals surface area contributed by atoms with E-state index in [1.165, 1.54) is 31.9 Å². The summed E-state index contributed by atoms with van der Waals surface area (Å²) < 4.78 is 34.4. The highest BCUT2D eigenvalue weighted by Gasteiger charge is 2.51. The highest BCUT2D eigenvalue weighted by atomic mass is 32.2. The van der Waals surface area contributed by atoms with Gasteiger partial charge in [0.05, 0.1) is 22.4 Å². The summed E-state index contributed by atoms with van der Waals surface area (Å²) in [5.41, 5.74) is 6.92. The van der Waals surface area contributed by atoms with Gasteiger partial charge in [0.25, 0.3) is 0 Å². The zero-order chi connectivity index (χ0) is 25.8. The summed E-state index contributed by atoms with van der Waals surface area (Å²) in [5, 5.41) is 0. The normalized spacial score (nSPS) is 26.4. The summed E-state index contributed by atoms with van der Waals surface area (Å²) in [7, 11) is -3.46. The van der Waals surface area contributed by atoms with E-state index in [0.717, 1.165) is 23.4 Å². The second kappa shape index (κ2) is 8.95. The second-order valence-corrected chi connectivity index (χ2v) is 13.4. The van der Waals surface area contributed by atoms with E-state index in [-0.39, 0.29) is 10.8 Å². The lowest BCUT2D eigenvalue weighted by atomic mass is 9.64. The van der Waals surface area contributed by atoms with E-state index >= 15 is 0 Å². The van der Waals surface area contributed by atoms with E-state index < -0.39 is 20.9 Å². The number of fused-ring (bicyclic) bond motifs is 1. The van der Waals surface area contributed by atoms with Crippen molar-refractivity contribution in [3.8, 4) is 0 Å². The minimum Gasteiger partial charge on any atom is -0.369 e. The van der Waals surface area contributed by atoms with Crippen molar-refractivity contribution in [3.05, 3.63) is 59.9 Å². The Kier molecular flexibility index (Phi) is 5.95. The number of rotatable bonds is 9. The molecule has 3 aliphatic rings. The van der Waals surface area contributed by atoms with Crippen LogP contribution in [-0.4, -0.2) is 36.7 Å². The maximum Gasteiger partial charge on any atom is 0.228 e. The number of amides is 1. The first-order valence-electron chi connectivity index (χ1n) is 13.4. The molecule has 0 unspecified atom stereocenters. The zero-order valence-corrected chi connectivity index (χ0v) is 22.2. The van der Waals surface area contributed by atoms with E-state index in [4.69, 9.17) is 15.5 Å². The third-order valence-corrected chi connectivity index (χ3v) is 9.82. The van der Waals surface area contributed by atoms with Crippen molar-refractivity contribution in [2.45, 2.75) is 73.8 Å². The van der Waals surface area contributed by atoms with Gasteiger partial charge >= 0.3 is 0 Å². The van der Waals surface area contributed by atoms with Gasteiger partial charge in [0.15, 0.2) is 9.84 Å². The fourth-order valence-electron chi connectivity index (χ4n) is 6.02. The van der Waals surface area contributed by atoms with Crippen LogP contribution in [0, 0.1) is 11.8 Å². The van der Waals surface area contributed by atoms with Crippen molar-refractivity contribution in [1.82, 2.24) is 9.55 Å². The number of para-hydroxylation sites is 1. The number of sulfone groups is 1. The molecule has 3 fully saturated rings. The first-order valence-corrected chi connectivity index (χ1v) is 15.3. The van der Waals surface area contributed by atoms with Crippen LogP contribution < -0.4 is 5.73 Å². The molecule has 3 aliphatic carbocycles. The van der Waals surface area contributed by atoms with Crippen LogP contribution >= 0.6 is 0 Å². The van der Waals surface area contributed by atoms with Crippen LogP contribution in [0.5, 0.6) is 0 Å². The topological polar surface area (TPSA) is 104 Å². The standard InChI is InChI=1S/C29H35N3O4S/c1-37(34,35)24-9-5-8-23-25(24)31-27(32(23)18-20-10-11-20)29(36-19-21-12-13-21)16-14-28(15-17-29,26(30)33)22-6-3-2-4-7-22/h2-9,20-21H,10-19H2,1H3,(H2,30,33)/t28-,29+. The number of carbonyl (C=O) groups excluding carboxylic acids is 1. The Morgan fingerprint density at radius 2 is 1.68 bits per heavy atom. The van der Waals surface area contributed by atoms with Gasteiger partial charge in [-0.1, -0.05) is 36.4 Å². The average Bonchev–Trinajstić information content (AvgIpc) is 3.82. The van der Waals surface area contributed by atoms with E-state index in [1.54, 1.807) is 12.1 Å². The van der Waals surface area contributed by atoms with Gasteiger partial charge in [-0.05, 0) is 80.9 Å². The van der Waals surface area contributed by atoms with Crippen molar-refractivity contribution in [3.63, 3.8) is 0 Å². The second-order valence-electron chi connectivity index (χ2n) is 11.4. The number of ether oxygens (including phenoxy) is 1. The van der Waals surface area contributed by atoms with Gasteiger partial charge < -0.3 is 15.0 Å². The van der Waals surface area contributed by atoms with E-state index in [9.17, 15) is 13.2 Å². The Morgan fingerprint density at radius 1 is 1.00 bits per heavy atom.